The third-order valence-corrected chi connectivity index (χ3v) is 4.59. The Morgan fingerprint density at radius 3 is 2.75 bits per heavy atom. The predicted octanol–water partition coefficient (Wildman–Crippen LogP) is 2.12. The molecule has 0 radical (unpaired) electrons. The quantitative estimate of drug-likeness (QED) is 0.913. The lowest BCUT2D eigenvalue weighted by Crippen LogP contribution is -2.46. The van der Waals surface area contributed by atoms with Gasteiger partial charge >= 0.3 is 0 Å². The largest absolute Gasteiger partial charge is 0.326 e. The summed E-state index contributed by atoms with van der Waals surface area (Å²) in [6.45, 7) is 1.06. The van der Waals surface area contributed by atoms with E-state index < -0.39 is 0 Å². The summed E-state index contributed by atoms with van der Waals surface area (Å²) in [5, 5.41) is 9.38. The van der Waals surface area contributed by atoms with Crippen LogP contribution in [0.2, 0.25) is 0 Å². The molecule has 1 aromatic rings. The van der Waals surface area contributed by atoms with Crippen LogP contribution in [0.4, 0.5) is 5.69 Å². The number of amides is 1. The number of carbonyl (C=O) groups excluding carboxylic acids is 1. The van der Waals surface area contributed by atoms with Crippen molar-refractivity contribution >= 4 is 11.6 Å². The van der Waals surface area contributed by atoms with Gasteiger partial charge in [-0.25, -0.2) is 0 Å². The van der Waals surface area contributed by atoms with E-state index in [-0.39, 0.29) is 11.3 Å². The summed E-state index contributed by atoms with van der Waals surface area (Å²) in [6, 6.07) is 8.48. The molecule has 1 heterocycles. The molecule has 0 bridgehead atoms. The Bertz CT molecular complexity index is 584. The minimum atomic E-state index is -0.323. The first-order valence-corrected chi connectivity index (χ1v) is 7.21. The van der Waals surface area contributed by atoms with E-state index in [1.807, 2.05) is 17.0 Å². The van der Waals surface area contributed by atoms with Gasteiger partial charge in [-0.3, -0.25) is 4.79 Å². The highest BCUT2D eigenvalue weighted by Crippen LogP contribution is 2.43. The predicted molar refractivity (Wildman–Crippen MR) is 76.9 cm³/mol. The number of fused-ring (bicyclic) bond motifs is 1. The highest BCUT2D eigenvalue weighted by molar-refractivity contribution is 5.96. The number of hydrogen-bond acceptors (Lipinski definition) is 3. The minimum absolute atomic E-state index is 0.138. The van der Waals surface area contributed by atoms with Crippen molar-refractivity contribution in [2.45, 2.75) is 38.6 Å². The summed E-state index contributed by atoms with van der Waals surface area (Å²) in [4.78, 5) is 14.1. The second kappa shape index (κ2) is 4.92. The molecule has 1 saturated carbocycles. The van der Waals surface area contributed by atoms with Crippen molar-refractivity contribution in [3.05, 3.63) is 29.3 Å². The zero-order chi connectivity index (χ0) is 14.2. The van der Waals surface area contributed by atoms with Crippen LogP contribution in [0.3, 0.4) is 0 Å². The number of benzene rings is 1. The van der Waals surface area contributed by atoms with Crippen LogP contribution in [0.15, 0.2) is 18.2 Å². The molecule has 3 rings (SSSR count). The smallest absolute Gasteiger partial charge is 0.227 e. The first kappa shape index (κ1) is 13.1. The lowest BCUT2D eigenvalue weighted by molar-refractivity contribution is -0.119. The molecule has 1 amide bonds. The molecule has 1 aromatic carbocycles. The number of nitrogens with two attached hydrogens (primary N) is 1. The summed E-state index contributed by atoms with van der Waals surface area (Å²) in [7, 11) is 0. The molecule has 1 fully saturated rings. The lowest BCUT2D eigenvalue weighted by Gasteiger charge is -2.41. The number of carbonyl (C=O) groups is 1. The zero-order valence-electron chi connectivity index (χ0n) is 11.6. The Labute approximate surface area is 119 Å². The van der Waals surface area contributed by atoms with Gasteiger partial charge in [-0.1, -0.05) is 18.6 Å². The first-order valence-electron chi connectivity index (χ1n) is 7.21. The standard InChI is InChI=1S/C16H19N3O/c17-9-12-2-4-14-13(8-12)3-5-15(20)19(14)11-16(10-18)6-1-7-16/h2,4,8H,1,3,5-7,9,11,17H2. The molecule has 1 aliphatic carbocycles. The fourth-order valence-electron chi connectivity index (χ4n) is 3.13. The highest BCUT2D eigenvalue weighted by atomic mass is 16.2. The maximum Gasteiger partial charge on any atom is 0.227 e. The molecule has 2 aliphatic rings. The van der Waals surface area contributed by atoms with E-state index in [9.17, 15) is 10.1 Å². The van der Waals surface area contributed by atoms with Crippen molar-refractivity contribution in [2.75, 3.05) is 11.4 Å². The molecule has 0 saturated heterocycles. The lowest BCUT2D eigenvalue weighted by atomic mass is 9.69. The van der Waals surface area contributed by atoms with Crippen LogP contribution < -0.4 is 10.6 Å². The molecular formula is C16H19N3O. The summed E-state index contributed by atoms with van der Waals surface area (Å²) in [5.41, 5.74) is 8.60. The first-order chi connectivity index (χ1) is 9.67. The van der Waals surface area contributed by atoms with Crippen LogP contribution in [0.1, 0.15) is 36.8 Å². The van der Waals surface area contributed by atoms with Gasteiger partial charge < -0.3 is 10.6 Å². The molecule has 20 heavy (non-hydrogen) atoms. The van der Waals surface area contributed by atoms with E-state index in [0.717, 1.165) is 36.9 Å². The van der Waals surface area contributed by atoms with Crippen molar-refractivity contribution < 1.29 is 4.79 Å². The molecule has 0 spiro atoms. The van der Waals surface area contributed by atoms with Gasteiger partial charge in [0, 0.05) is 25.2 Å². The fourth-order valence-corrected chi connectivity index (χ4v) is 3.13. The van der Waals surface area contributed by atoms with Gasteiger partial charge in [-0.2, -0.15) is 5.26 Å². The number of anilines is 1. The molecule has 0 unspecified atom stereocenters. The van der Waals surface area contributed by atoms with Gasteiger partial charge in [0.1, 0.15) is 0 Å². The summed E-state index contributed by atoms with van der Waals surface area (Å²) in [5.74, 6) is 0.138. The molecule has 4 heteroatoms. The second-order valence-electron chi connectivity index (χ2n) is 5.89. The molecule has 2 N–H and O–H groups in total. The maximum atomic E-state index is 12.2. The number of rotatable bonds is 3. The summed E-state index contributed by atoms with van der Waals surface area (Å²) in [6.07, 6.45) is 4.21. The number of hydrogen-bond donors (Lipinski definition) is 1. The highest BCUT2D eigenvalue weighted by Gasteiger charge is 2.41. The van der Waals surface area contributed by atoms with E-state index in [1.165, 1.54) is 5.56 Å². The average molecular weight is 269 g/mol. The van der Waals surface area contributed by atoms with Gasteiger partial charge in [-0.15, -0.1) is 0 Å². The summed E-state index contributed by atoms with van der Waals surface area (Å²) >= 11 is 0. The average Bonchev–Trinajstić information content (AvgIpc) is 2.44. The molecule has 0 aromatic heterocycles. The minimum Gasteiger partial charge on any atom is -0.326 e. The third-order valence-electron chi connectivity index (χ3n) is 4.59. The van der Waals surface area contributed by atoms with Crippen LogP contribution in [0, 0.1) is 16.7 Å². The van der Waals surface area contributed by atoms with E-state index in [1.54, 1.807) is 0 Å². The zero-order valence-corrected chi connectivity index (χ0v) is 11.6. The molecule has 1 aliphatic heterocycles. The van der Waals surface area contributed by atoms with E-state index in [0.29, 0.717) is 19.5 Å². The molecule has 104 valence electrons. The molecular weight excluding hydrogens is 250 g/mol. The van der Waals surface area contributed by atoms with Crippen molar-refractivity contribution in [2.24, 2.45) is 11.1 Å². The fraction of sp³-hybridized carbons (Fsp3) is 0.500. The van der Waals surface area contributed by atoms with Gasteiger partial charge in [-0.05, 0) is 36.5 Å². The van der Waals surface area contributed by atoms with Crippen molar-refractivity contribution in [1.82, 2.24) is 0 Å². The van der Waals surface area contributed by atoms with Crippen LogP contribution >= 0.6 is 0 Å². The Morgan fingerprint density at radius 2 is 2.15 bits per heavy atom. The van der Waals surface area contributed by atoms with E-state index in [2.05, 4.69) is 12.1 Å². The number of aryl methyl sites for hydroxylation is 1. The topological polar surface area (TPSA) is 70.1 Å². The van der Waals surface area contributed by atoms with Crippen molar-refractivity contribution in [1.29, 1.82) is 5.26 Å². The SMILES string of the molecule is N#CC1(CN2C(=O)CCc3cc(CN)ccc32)CCC1. The Hall–Kier alpha value is -1.86. The van der Waals surface area contributed by atoms with E-state index >= 15 is 0 Å². The molecule has 0 atom stereocenters. The van der Waals surface area contributed by atoms with Crippen molar-refractivity contribution in [3.8, 4) is 6.07 Å². The summed E-state index contributed by atoms with van der Waals surface area (Å²) < 4.78 is 0. The monoisotopic (exact) mass is 269 g/mol. The molecule has 4 nitrogen and oxygen atoms in total. The number of nitrogens with zero attached hydrogens (tertiary/aromatic N) is 2. The Morgan fingerprint density at radius 1 is 1.35 bits per heavy atom. The second-order valence-corrected chi connectivity index (χ2v) is 5.89. The third kappa shape index (κ3) is 2.08. The van der Waals surface area contributed by atoms with Crippen LogP contribution in [0.25, 0.3) is 0 Å². The van der Waals surface area contributed by atoms with Gasteiger partial charge in [0.15, 0.2) is 0 Å². The van der Waals surface area contributed by atoms with Crippen LogP contribution in [0.5, 0.6) is 0 Å². The van der Waals surface area contributed by atoms with Crippen molar-refractivity contribution in [3.63, 3.8) is 0 Å². The Kier molecular flexibility index (Phi) is 3.23. The number of nitriles is 1. The van der Waals surface area contributed by atoms with E-state index in [4.69, 9.17) is 5.73 Å². The van der Waals surface area contributed by atoms with Crippen LogP contribution in [-0.2, 0) is 17.8 Å². The van der Waals surface area contributed by atoms with Gasteiger partial charge in [0.25, 0.3) is 0 Å². The van der Waals surface area contributed by atoms with Gasteiger partial charge in [0.2, 0.25) is 5.91 Å². The Balaban J connectivity index is 1.92. The van der Waals surface area contributed by atoms with Gasteiger partial charge in [0.05, 0.1) is 11.5 Å². The van der Waals surface area contributed by atoms with Crippen LogP contribution in [-0.4, -0.2) is 12.5 Å². The maximum absolute atomic E-state index is 12.2. The normalized spacial score (nSPS) is 20.0.